The van der Waals surface area contributed by atoms with E-state index in [-0.39, 0.29) is 24.5 Å². The quantitative estimate of drug-likeness (QED) is 0.473. The van der Waals surface area contributed by atoms with Crippen molar-refractivity contribution < 1.29 is 9.59 Å². The number of rotatable bonds is 6. The fraction of sp³-hybridized carbons (Fsp3) is 0.0952. The molecular formula is C21H14N4O2S2. The predicted octanol–water partition coefficient (Wildman–Crippen LogP) is 4.23. The highest BCUT2D eigenvalue weighted by Gasteiger charge is 2.13. The number of fused-ring (bicyclic) bond motifs is 1. The maximum Gasteiger partial charge on any atom is 0.228 e. The van der Waals surface area contributed by atoms with Crippen LogP contribution in [0.25, 0.3) is 10.2 Å². The third kappa shape index (κ3) is 4.54. The molecule has 142 valence electrons. The maximum absolute atomic E-state index is 12.3. The molecule has 4 aromatic rings. The summed E-state index contributed by atoms with van der Waals surface area (Å²) in [7, 11) is 0. The van der Waals surface area contributed by atoms with E-state index in [4.69, 9.17) is 5.26 Å². The number of ketones is 1. The van der Waals surface area contributed by atoms with Gasteiger partial charge in [0, 0.05) is 11.1 Å². The van der Waals surface area contributed by atoms with Gasteiger partial charge in [0.2, 0.25) is 5.91 Å². The average molecular weight is 419 g/mol. The van der Waals surface area contributed by atoms with Crippen molar-refractivity contribution in [3.05, 3.63) is 75.2 Å². The number of amides is 1. The predicted molar refractivity (Wildman–Crippen MR) is 113 cm³/mol. The SMILES string of the molecule is N#Cc1cccc(CC(=O)Nc2ccc3nc(CC(=O)c4cscn4)sc3c2)c1. The Labute approximate surface area is 174 Å². The first kappa shape index (κ1) is 18.9. The summed E-state index contributed by atoms with van der Waals surface area (Å²) in [5.41, 5.74) is 4.86. The van der Waals surface area contributed by atoms with E-state index in [0.29, 0.717) is 16.9 Å². The van der Waals surface area contributed by atoms with Gasteiger partial charge in [-0.2, -0.15) is 5.26 Å². The molecule has 6 nitrogen and oxygen atoms in total. The van der Waals surface area contributed by atoms with Crippen LogP contribution in [0.2, 0.25) is 0 Å². The van der Waals surface area contributed by atoms with Crippen LogP contribution in [0.15, 0.2) is 53.4 Å². The minimum Gasteiger partial charge on any atom is -0.326 e. The average Bonchev–Trinajstić information content (AvgIpc) is 3.37. The van der Waals surface area contributed by atoms with Crippen molar-refractivity contribution >= 4 is 50.3 Å². The van der Waals surface area contributed by atoms with Gasteiger partial charge in [0.25, 0.3) is 0 Å². The molecule has 2 aromatic heterocycles. The van der Waals surface area contributed by atoms with Crippen LogP contribution < -0.4 is 5.32 Å². The maximum atomic E-state index is 12.3. The molecule has 0 unspecified atom stereocenters. The van der Waals surface area contributed by atoms with Gasteiger partial charge in [-0.05, 0) is 35.9 Å². The fourth-order valence-corrected chi connectivity index (χ4v) is 4.41. The Kier molecular flexibility index (Phi) is 5.42. The zero-order valence-electron chi connectivity index (χ0n) is 15.1. The van der Waals surface area contributed by atoms with E-state index in [9.17, 15) is 9.59 Å². The second kappa shape index (κ2) is 8.31. The molecule has 8 heteroatoms. The normalized spacial score (nSPS) is 10.6. The third-order valence-corrected chi connectivity index (χ3v) is 5.77. The number of hydrogen-bond donors (Lipinski definition) is 1. The lowest BCUT2D eigenvalue weighted by atomic mass is 10.1. The van der Waals surface area contributed by atoms with Crippen LogP contribution in [0.1, 0.15) is 26.6 Å². The molecule has 0 aliphatic heterocycles. The Morgan fingerprint density at radius 2 is 2.03 bits per heavy atom. The van der Waals surface area contributed by atoms with Crippen molar-refractivity contribution in [2.24, 2.45) is 0 Å². The van der Waals surface area contributed by atoms with Crippen molar-refractivity contribution in [3.63, 3.8) is 0 Å². The molecular weight excluding hydrogens is 404 g/mol. The molecule has 0 atom stereocenters. The monoisotopic (exact) mass is 418 g/mol. The highest BCUT2D eigenvalue weighted by atomic mass is 32.1. The van der Waals surface area contributed by atoms with Gasteiger partial charge >= 0.3 is 0 Å². The van der Waals surface area contributed by atoms with E-state index in [0.717, 1.165) is 20.8 Å². The summed E-state index contributed by atoms with van der Waals surface area (Å²) < 4.78 is 0.898. The molecule has 1 N–H and O–H groups in total. The summed E-state index contributed by atoms with van der Waals surface area (Å²) >= 11 is 2.82. The van der Waals surface area contributed by atoms with Crippen LogP contribution in [0.5, 0.6) is 0 Å². The Morgan fingerprint density at radius 1 is 1.14 bits per heavy atom. The minimum absolute atomic E-state index is 0.0570. The van der Waals surface area contributed by atoms with Crippen LogP contribution in [0.3, 0.4) is 0 Å². The van der Waals surface area contributed by atoms with Gasteiger partial charge in [0.1, 0.15) is 10.7 Å². The number of Topliss-reactive ketones (excluding diaryl/α,β-unsaturated/α-hetero) is 1. The van der Waals surface area contributed by atoms with Gasteiger partial charge in [0.15, 0.2) is 5.78 Å². The Morgan fingerprint density at radius 3 is 2.83 bits per heavy atom. The van der Waals surface area contributed by atoms with Crippen molar-refractivity contribution in [2.45, 2.75) is 12.8 Å². The van der Waals surface area contributed by atoms with Crippen LogP contribution in [-0.4, -0.2) is 21.7 Å². The summed E-state index contributed by atoms with van der Waals surface area (Å²) in [6, 6.07) is 14.5. The van der Waals surface area contributed by atoms with E-state index in [1.165, 1.54) is 22.7 Å². The number of aromatic nitrogens is 2. The first-order valence-corrected chi connectivity index (χ1v) is 10.5. The van der Waals surface area contributed by atoms with Crippen LogP contribution in [0, 0.1) is 11.3 Å². The number of nitriles is 1. The van der Waals surface area contributed by atoms with E-state index in [1.807, 2.05) is 18.2 Å². The number of carbonyl (C=O) groups is 2. The number of thiazole rings is 2. The summed E-state index contributed by atoms with van der Waals surface area (Å²) in [4.78, 5) is 33.1. The van der Waals surface area contributed by atoms with Gasteiger partial charge in [-0.3, -0.25) is 9.59 Å². The lowest BCUT2D eigenvalue weighted by molar-refractivity contribution is -0.115. The molecule has 0 aliphatic rings. The van der Waals surface area contributed by atoms with Gasteiger partial charge in [-0.15, -0.1) is 22.7 Å². The van der Waals surface area contributed by atoms with Gasteiger partial charge < -0.3 is 5.32 Å². The molecule has 0 spiro atoms. The van der Waals surface area contributed by atoms with Crippen LogP contribution in [0.4, 0.5) is 5.69 Å². The summed E-state index contributed by atoms with van der Waals surface area (Å²) in [6.45, 7) is 0. The second-order valence-electron chi connectivity index (χ2n) is 6.30. The van der Waals surface area contributed by atoms with Gasteiger partial charge in [-0.1, -0.05) is 12.1 Å². The Balaban J connectivity index is 1.45. The zero-order chi connectivity index (χ0) is 20.2. The third-order valence-electron chi connectivity index (χ3n) is 4.17. The highest BCUT2D eigenvalue weighted by molar-refractivity contribution is 7.18. The lowest BCUT2D eigenvalue weighted by Gasteiger charge is -2.05. The molecule has 29 heavy (non-hydrogen) atoms. The largest absolute Gasteiger partial charge is 0.326 e. The molecule has 0 fully saturated rings. The number of anilines is 1. The molecule has 4 rings (SSSR count). The van der Waals surface area contributed by atoms with Crippen LogP contribution >= 0.6 is 22.7 Å². The molecule has 0 saturated heterocycles. The number of nitrogens with zero attached hydrogens (tertiary/aromatic N) is 3. The van der Waals surface area contributed by atoms with Gasteiger partial charge in [-0.25, -0.2) is 9.97 Å². The molecule has 1 amide bonds. The smallest absolute Gasteiger partial charge is 0.228 e. The molecule has 0 bridgehead atoms. The van der Waals surface area contributed by atoms with E-state index in [1.54, 1.807) is 35.2 Å². The van der Waals surface area contributed by atoms with Gasteiger partial charge in [0.05, 0.1) is 40.2 Å². The van der Waals surface area contributed by atoms with Crippen molar-refractivity contribution in [1.82, 2.24) is 9.97 Å². The Bertz CT molecular complexity index is 1240. The fourth-order valence-electron chi connectivity index (χ4n) is 2.85. The van der Waals surface area contributed by atoms with E-state index < -0.39 is 0 Å². The molecule has 0 aliphatic carbocycles. The number of benzene rings is 2. The first-order chi connectivity index (χ1) is 14.1. The minimum atomic E-state index is -0.164. The highest BCUT2D eigenvalue weighted by Crippen LogP contribution is 2.26. The van der Waals surface area contributed by atoms with Crippen LogP contribution in [-0.2, 0) is 17.6 Å². The second-order valence-corrected chi connectivity index (χ2v) is 8.13. The summed E-state index contributed by atoms with van der Waals surface area (Å²) in [6.07, 6.45) is 0.393. The van der Waals surface area contributed by atoms with E-state index >= 15 is 0 Å². The van der Waals surface area contributed by atoms with Crippen molar-refractivity contribution in [3.8, 4) is 6.07 Å². The number of nitrogens with one attached hydrogen (secondary N) is 1. The molecule has 0 radical (unpaired) electrons. The standard InChI is InChI=1S/C21H14N4O2S2/c22-10-14-3-1-2-13(6-14)7-20(27)24-15-4-5-16-19(8-15)29-21(25-16)9-18(26)17-11-28-12-23-17/h1-6,8,11-12H,7,9H2,(H,24,27). The Hall–Kier alpha value is -3.41. The number of carbonyl (C=O) groups excluding carboxylic acids is 2. The molecule has 2 aromatic carbocycles. The zero-order valence-corrected chi connectivity index (χ0v) is 16.7. The first-order valence-electron chi connectivity index (χ1n) is 8.70. The number of hydrogen-bond acceptors (Lipinski definition) is 7. The summed E-state index contributed by atoms with van der Waals surface area (Å²) in [5.74, 6) is -0.221. The molecule has 2 heterocycles. The van der Waals surface area contributed by atoms with Crippen molar-refractivity contribution in [1.29, 1.82) is 5.26 Å². The molecule has 0 saturated carbocycles. The topological polar surface area (TPSA) is 95.7 Å². The van der Waals surface area contributed by atoms with Crippen molar-refractivity contribution in [2.75, 3.05) is 5.32 Å². The van der Waals surface area contributed by atoms with E-state index in [2.05, 4.69) is 21.4 Å². The summed E-state index contributed by atoms with van der Waals surface area (Å²) in [5, 5.41) is 14.3. The lowest BCUT2D eigenvalue weighted by Crippen LogP contribution is -2.14.